The van der Waals surface area contributed by atoms with E-state index in [0.29, 0.717) is 5.89 Å². The van der Waals surface area contributed by atoms with Crippen LogP contribution in [0.15, 0.2) is 47.2 Å². The lowest BCUT2D eigenvalue weighted by molar-refractivity contribution is 0.574. The highest BCUT2D eigenvalue weighted by molar-refractivity contribution is 7.15. The summed E-state index contributed by atoms with van der Waals surface area (Å²) < 4.78 is 5.30. The maximum atomic E-state index is 6.04. The number of oxazole rings is 1. The molecule has 2 N–H and O–H groups in total. The second-order valence-corrected chi connectivity index (χ2v) is 5.25. The first kappa shape index (κ1) is 12.1. The Morgan fingerprint density at radius 3 is 2.68 bits per heavy atom. The van der Waals surface area contributed by atoms with Gasteiger partial charge in [-0.25, -0.2) is 9.97 Å². The lowest BCUT2D eigenvalue weighted by atomic mass is 10.1. The van der Waals surface area contributed by atoms with Gasteiger partial charge in [-0.2, -0.15) is 0 Å². The predicted octanol–water partition coefficient (Wildman–Crippen LogP) is 3.48. The van der Waals surface area contributed by atoms with E-state index in [4.69, 9.17) is 10.2 Å². The molecule has 0 spiro atoms. The number of nitrogens with two attached hydrogens (primary N) is 1. The first-order valence-corrected chi connectivity index (χ1v) is 6.79. The Morgan fingerprint density at radius 2 is 2.05 bits per heavy atom. The van der Waals surface area contributed by atoms with E-state index in [1.54, 1.807) is 12.5 Å². The molecule has 96 valence electrons. The van der Waals surface area contributed by atoms with Crippen LogP contribution in [0.3, 0.4) is 0 Å². The zero-order valence-electron chi connectivity index (χ0n) is 10.4. The fourth-order valence-corrected chi connectivity index (χ4v) is 2.84. The van der Waals surface area contributed by atoms with Crippen molar-refractivity contribution in [2.45, 2.75) is 13.0 Å². The highest BCUT2D eigenvalue weighted by atomic mass is 32.1. The molecule has 0 bridgehead atoms. The Labute approximate surface area is 114 Å². The SMILES string of the molecule is CC(N)c1sc(-c2ncco2)nc1-c1ccccc1. The largest absolute Gasteiger partial charge is 0.443 e. The van der Waals surface area contributed by atoms with Gasteiger partial charge < -0.3 is 10.2 Å². The highest BCUT2D eigenvalue weighted by Gasteiger charge is 2.18. The van der Waals surface area contributed by atoms with Gasteiger partial charge >= 0.3 is 0 Å². The number of hydrogen-bond acceptors (Lipinski definition) is 5. The third-order valence-electron chi connectivity index (χ3n) is 2.73. The van der Waals surface area contributed by atoms with Crippen LogP contribution >= 0.6 is 11.3 Å². The van der Waals surface area contributed by atoms with Crippen LogP contribution in [0, 0.1) is 0 Å². The van der Waals surface area contributed by atoms with Crippen molar-refractivity contribution >= 4 is 11.3 Å². The molecule has 0 aliphatic rings. The number of nitrogens with zero attached hydrogens (tertiary/aromatic N) is 2. The zero-order valence-corrected chi connectivity index (χ0v) is 11.2. The summed E-state index contributed by atoms with van der Waals surface area (Å²) in [6.07, 6.45) is 3.16. The first-order chi connectivity index (χ1) is 9.25. The van der Waals surface area contributed by atoms with Crippen LogP contribution in [0.1, 0.15) is 17.8 Å². The molecule has 0 aliphatic heterocycles. The topological polar surface area (TPSA) is 64.9 Å². The maximum Gasteiger partial charge on any atom is 0.255 e. The summed E-state index contributed by atoms with van der Waals surface area (Å²) in [4.78, 5) is 9.80. The van der Waals surface area contributed by atoms with Crippen molar-refractivity contribution in [3.05, 3.63) is 47.7 Å². The fraction of sp³-hybridized carbons (Fsp3) is 0.143. The van der Waals surface area contributed by atoms with Crippen LogP contribution in [-0.4, -0.2) is 9.97 Å². The van der Waals surface area contributed by atoms with Crippen LogP contribution in [0.5, 0.6) is 0 Å². The summed E-state index contributed by atoms with van der Waals surface area (Å²) in [6.45, 7) is 1.96. The van der Waals surface area contributed by atoms with Gasteiger partial charge in [-0.05, 0) is 6.92 Å². The van der Waals surface area contributed by atoms with Crippen molar-refractivity contribution in [1.82, 2.24) is 9.97 Å². The van der Waals surface area contributed by atoms with Gasteiger partial charge in [0.25, 0.3) is 5.89 Å². The van der Waals surface area contributed by atoms with Crippen molar-refractivity contribution in [2.75, 3.05) is 0 Å². The summed E-state index contributed by atoms with van der Waals surface area (Å²) in [5, 5.41) is 0.760. The Morgan fingerprint density at radius 1 is 1.26 bits per heavy atom. The van der Waals surface area contributed by atoms with Gasteiger partial charge in [-0.1, -0.05) is 30.3 Å². The number of hydrogen-bond donors (Lipinski definition) is 1. The van der Waals surface area contributed by atoms with Crippen molar-refractivity contribution in [3.63, 3.8) is 0 Å². The summed E-state index contributed by atoms with van der Waals surface area (Å²) in [7, 11) is 0. The smallest absolute Gasteiger partial charge is 0.255 e. The van der Waals surface area contributed by atoms with E-state index < -0.39 is 0 Å². The summed E-state index contributed by atoms with van der Waals surface area (Å²) in [6, 6.07) is 9.95. The standard InChI is InChI=1S/C14H13N3OS/c1-9(15)12-11(10-5-3-2-4-6-10)17-14(19-12)13-16-7-8-18-13/h2-9H,15H2,1H3. The molecule has 3 aromatic rings. The molecule has 0 aliphatic carbocycles. The Balaban J connectivity index is 2.13. The number of thiazole rings is 1. The number of aromatic nitrogens is 2. The van der Waals surface area contributed by atoms with Gasteiger partial charge in [0.15, 0.2) is 5.01 Å². The Kier molecular flexibility index (Phi) is 3.15. The lowest BCUT2D eigenvalue weighted by Crippen LogP contribution is -2.04. The van der Waals surface area contributed by atoms with Gasteiger partial charge in [-0.15, -0.1) is 11.3 Å². The second-order valence-electron chi connectivity index (χ2n) is 4.22. The van der Waals surface area contributed by atoms with Gasteiger partial charge in [0.1, 0.15) is 6.26 Å². The van der Waals surface area contributed by atoms with Gasteiger partial charge in [0.2, 0.25) is 0 Å². The molecule has 0 saturated heterocycles. The molecule has 1 atom stereocenters. The number of benzene rings is 1. The minimum absolute atomic E-state index is 0.0728. The summed E-state index contributed by atoms with van der Waals surface area (Å²) in [5.41, 5.74) is 8.01. The van der Waals surface area contributed by atoms with Crippen molar-refractivity contribution < 1.29 is 4.42 Å². The van der Waals surface area contributed by atoms with Crippen LogP contribution in [0.4, 0.5) is 0 Å². The van der Waals surface area contributed by atoms with E-state index in [9.17, 15) is 0 Å². The molecule has 5 heteroatoms. The third-order valence-corrected chi connectivity index (χ3v) is 3.97. The fourth-order valence-electron chi connectivity index (χ4n) is 1.86. The molecule has 0 saturated carbocycles. The molecule has 19 heavy (non-hydrogen) atoms. The molecule has 2 aromatic heterocycles. The summed E-state index contributed by atoms with van der Waals surface area (Å²) >= 11 is 1.53. The van der Waals surface area contributed by atoms with E-state index >= 15 is 0 Å². The normalized spacial score (nSPS) is 12.5. The molecule has 2 heterocycles. The highest BCUT2D eigenvalue weighted by Crippen LogP contribution is 2.35. The van der Waals surface area contributed by atoms with Gasteiger partial charge in [0, 0.05) is 16.5 Å². The van der Waals surface area contributed by atoms with E-state index in [1.165, 1.54) is 11.3 Å². The van der Waals surface area contributed by atoms with Crippen molar-refractivity contribution in [1.29, 1.82) is 0 Å². The molecular formula is C14H13N3OS. The molecule has 1 aromatic carbocycles. The van der Waals surface area contributed by atoms with Gasteiger partial charge in [0.05, 0.1) is 11.9 Å². The Hall–Kier alpha value is -1.98. The molecule has 3 rings (SSSR count). The van der Waals surface area contributed by atoms with Crippen LogP contribution in [0.25, 0.3) is 22.2 Å². The van der Waals surface area contributed by atoms with E-state index in [1.807, 2.05) is 37.3 Å². The monoisotopic (exact) mass is 271 g/mol. The van der Waals surface area contributed by atoms with Crippen LogP contribution in [0.2, 0.25) is 0 Å². The van der Waals surface area contributed by atoms with Crippen molar-refractivity contribution in [2.24, 2.45) is 5.73 Å². The quantitative estimate of drug-likeness (QED) is 0.792. The minimum atomic E-state index is -0.0728. The number of rotatable bonds is 3. The molecule has 0 radical (unpaired) electrons. The molecule has 0 fully saturated rings. The average molecular weight is 271 g/mol. The summed E-state index contributed by atoms with van der Waals surface area (Å²) in [5.74, 6) is 0.536. The second kappa shape index (κ2) is 4.95. The lowest BCUT2D eigenvalue weighted by Gasteiger charge is -2.04. The maximum absolute atomic E-state index is 6.04. The van der Waals surface area contributed by atoms with Gasteiger partial charge in [-0.3, -0.25) is 0 Å². The molecule has 4 nitrogen and oxygen atoms in total. The average Bonchev–Trinajstić information content (AvgIpc) is 3.08. The van der Waals surface area contributed by atoms with Crippen LogP contribution < -0.4 is 5.73 Å². The van der Waals surface area contributed by atoms with Crippen LogP contribution in [-0.2, 0) is 0 Å². The zero-order chi connectivity index (χ0) is 13.2. The van der Waals surface area contributed by atoms with E-state index in [2.05, 4.69) is 9.97 Å². The predicted molar refractivity (Wildman–Crippen MR) is 75.6 cm³/mol. The Bertz CT molecular complexity index is 659. The van der Waals surface area contributed by atoms with E-state index in [-0.39, 0.29) is 6.04 Å². The minimum Gasteiger partial charge on any atom is -0.443 e. The third kappa shape index (κ3) is 2.30. The van der Waals surface area contributed by atoms with E-state index in [0.717, 1.165) is 21.1 Å². The molecule has 0 amide bonds. The molecular weight excluding hydrogens is 258 g/mol. The van der Waals surface area contributed by atoms with Crippen molar-refractivity contribution in [3.8, 4) is 22.2 Å². The molecule has 1 unspecified atom stereocenters. The first-order valence-electron chi connectivity index (χ1n) is 5.97.